The van der Waals surface area contributed by atoms with E-state index in [0.717, 1.165) is 65.8 Å². The molecule has 2 aromatic carbocycles. The van der Waals surface area contributed by atoms with Crippen LogP contribution in [-0.2, 0) is 17.7 Å². The van der Waals surface area contributed by atoms with Crippen LogP contribution in [0.5, 0.6) is 0 Å². The number of benzene rings is 2. The number of nitrogens with one attached hydrogen (secondary N) is 2. The van der Waals surface area contributed by atoms with E-state index in [1.807, 2.05) is 48.5 Å². The smallest absolute Gasteiger partial charge is 0.170 e. The summed E-state index contributed by atoms with van der Waals surface area (Å²) in [4.78, 5) is 9.36. The van der Waals surface area contributed by atoms with Gasteiger partial charge in [-0.25, -0.2) is 9.97 Å². The van der Waals surface area contributed by atoms with Gasteiger partial charge in [-0.05, 0) is 43.3 Å². The first kappa shape index (κ1) is 22.0. The molecule has 32 heavy (non-hydrogen) atoms. The minimum Gasteiger partial charge on any atom is -0.384 e. The van der Waals surface area contributed by atoms with Crippen molar-refractivity contribution in [2.24, 2.45) is 0 Å². The molecule has 4 aromatic rings. The number of ether oxygens (including phenoxy) is 1. The zero-order valence-electron chi connectivity index (χ0n) is 18.2. The number of nitrogens with zero attached hydrogens (tertiary/aromatic N) is 3. The molecule has 8 heteroatoms. The van der Waals surface area contributed by atoms with Crippen LogP contribution >= 0.6 is 12.2 Å². The van der Waals surface area contributed by atoms with Crippen LogP contribution in [0.1, 0.15) is 18.7 Å². The van der Waals surface area contributed by atoms with Crippen molar-refractivity contribution in [2.45, 2.75) is 25.8 Å². The van der Waals surface area contributed by atoms with Crippen LogP contribution in [0.25, 0.3) is 21.9 Å². The first-order chi connectivity index (χ1) is 15.7. The highest BCUT2D eigenvalue weighted by atomic mass is 32.1. The van der Waals surface area contributed by atoms with E-state index >= 15 is 0 Å². The Kier molecular flexibility index (Phi) is 7.14. The van der Waals surface area contributed by atoms with Gasteiger partial charge < -0.3 is 25.7 Å². The lowest BCUT2D eigenvalue weighted by Crippen LogP contribution is -2.29. The Hall–Kier alpha value is -3.23. The summed E-state index contributed by atoms with van der Waals surface area (Å²) in [7, 11) is 1.70. The molecule has 0 spiro atoms. The van der Waals surface area contributed by atoms with E-state index in [1.54, 1.807) is 7.11 Å². The number of para-hydroxylation sites is 2. The summed E-state index contributed by atoms with van der Waals surface area (Å²) in [6.07, 6.45) is 2.67. The van der Waals surface area contributed by atoms with E-state index in [9.17, 15) is 0 Å². The fourth-order valence-electron chi connectivity index (χ4n) is 3.82. The Bertz CT molecular complexity index is 1210. The third-order valence-corrected chi connectivity index (χ3v) is 5.59. The van der Waals surface area contributed by atoms with E-state index < -0.39 is 0 Å². The fourth-order valence-corrected chi connectivity index (χ4v) is 4.04. The van der Waals surface area contributed by atoms with E-state index in [4.69, 9.17) is 27.7 Å². The number of rotatable bonds is 9. The summed E-state index contributed by atoms with van der Waals surface area (Å²) in [6, 6.07) is 18.0. The standard InChI is InChI=1S/C24H28N6OS/c1-31-16-13-20-29-21-22(18-11-5-6-12-19(18)28-23(21)25)30(20)15-8-7-14-26-24(32)27-17-9-3-2-4-10-17/h2-6,9-12H,7-8,13-16H2,1H3,(H2,25,28)(H2,26,27,32). The average Bonchev–Trinajstić information content (AvgIpc) is 3.17. The van der Waals surface area contributed by atoms with Crippen LogP contribution in [0.3, 0.4) is 0 Å². The second-order valence-corrected chi connectivity index (χ2v) is 8.00. The Labute approximate surface area is 193 Å². The van der Waals surface area contributed by atoms with Gasteiger partial charge in [-0.3, -0.25) is 0 Å². The minimum absolute atomic E-state index is 0.468. The van der Waals surface area contributed by atoms with Crippen molar-refractivity contribution >= 4 is 50.8 Å². The lowest BCUT2D eigenvalue weighted by molar-refractivity contribution is 0.199. The van der Waals surface area contributed by atoms with Crippen molar-refractivity contribution < 1.29 is 4.74 Å². The number of unbranched alkanes of at least 4 members (excludes halogenated alkanes) is 1. The molecule has 7 nitrogen and oxygen atoms in total. The van der Waals surface area contributed by atoms with Gasteiger partial charge in [-0.15, -0.1) is 0 Å². The maximum atomic E-state index is 6.26. The summed E-state index contributed by atoms with van der Waals surface area (Å²) in [6.45, 7) is 2.24. The summed E-state index contributed by atoms with van der Waals surface area (Å²) < 4.78 is 7.57. The molecule has 0 aliphatic rings. The van der Waals surface area contributed by atoms with Gasteiger partial charge in [-0.1, -0.05) is 36.4 Å². The van der Waals surface area contributed by atoms with E-state index in [1.165, 1.54) is 0 Å². The quantitative estimate of drug-likeness (QED) is 0.262. The van der Waals surface area contributed by atoms with Crippen molar-refractivity contribution in [2.75, 3.05) is 31.3 Å². The first-order valence-corrected chi connectivity index (χ1v) is 11.2. The molecule has 0 radical (unpaired) electrons. The number of aromatic nitrogens is 3. The Morgan fingerprint density at radius 2 is 1.84 bits per heavy atom. The predicted molar refractivity (Wildman–Crippen MR) is 135 cm³/mol. The van der Waals surface area contributed by atoms with E-state index in [-0.39, 0.29) is 0 Å². The topological polar surface area (TPSA) is 90.0 Å². The van der Waals surface area contributed by atoms with Gasteiger partial charge >= 0.3 is 0 Å². The Morgan fingerprint density at radius 1 is 1.06 bits per heavy atom. The first-order valence-electron chi connectivity index (χ1n) is 10.8. The highest BCUT2D eigenvalue weighted by Crippen LogP contribution is 2.29. The second-order valence-electron chi connectivity index (χ2n) is 7.59. The number of pyridine rings is 1. The number of imidazole rings is 1. The number of hydrogen-bond donors (Lipinski definition) is 3. The molecule has 0 aliphatic heterocycles. The van der Waals surface area contributed by atoms with Crippen molar-refractivity contribution in [3.63, 3.8) is 0 Å². The van der Waals surface area contributed by atoms with Gasteiger partial charge in [0.05, 0.1) is 17.6 Å². The summed E-state index contributed by atoms with van der Waals surface area (Å²) in [5, 5.41) is 8.18. The van der Waals surface area contributed by atoms with Crippen molar-refractivity contribution in [3.05, 3.63) is 60.4 Å². The molecular formula is C24H28N6OS. The maximum absolute atomic E-state index is 6.26. The molecule has 0 aliphatic carbocycles. The highest BCUT2D eigenvalue weighted by Gasteiger charge is 2.16. The van der Waals surface area contributed by atoms with Gasteiger partial charge in [0.2, 0.25) is 0 Å². The van der Waals surface area contributed by atoms with Gasteiger partial charge in [-0.2, -0.15) is 0 Å². The van der Waals surface area contributed by atoms with Crippen LogP contribution in [0.2, 0.25) is 0 Å². The molecule has 0 unspecified atom stereocenters. The molecule has 2 heterocycles. The minimum atomic E-state index is 0.468. The Morgan fingerprint density at radius 3 is 2.66 bits per heavy atom. The molecule has 0 amide bonds. The largest absolute Gasteiger partial charge is 0.384 e. The number of nitrogens with two attached hydrogens (primary N) is 1. The molecule has 0 fully saturated rings. The van der Waals surface area contributed by atoms with Gasteiger partial charge in [0.25, 0.3) is 0 Å². The maximum Gasteiger partial charge on any atom is 0.170 e. The Balaban J connectivity index is 1.45. The average molecular weight is 449 g/mol. The molecule has 4 N–H and O–H groups in total. The monoisotopic (exact) mass is 448 g/mol. The highest BCUT2D eigenvalue weighted by molar-refractivity contribution is 7.80. The van der Waals surface area contributed by atoms with Gasteiger partial charge in [0.15, 0.2) is 10.9 Å². The lowest BCUT2D eigenvalue weighted by Gasteiger charge is -2.12. The molecule has 0 saturated heterocycles. The van der Waals surface area contributed by atoms with Gasteiger partial charge in [0.1, 0.15) is 11.3 Å². The number of nitrogen functional groups attached to an aromatic ring is 1. The van der Waals surface area contributed by atoms with Crippen molar-refractivity contribution in [3.8, 4) is 0 Å². The number of anilines is 2. The van der Waals surface area contributed by atoms with Crippen LogP contribution in [0.15, 0.2) is 54.6 Å². The van der Waals surface area contributed by atoms with Crippen LogP contribution in [0.4, 0.5) is 11.5 Å². The molecule has 166 valence electrons. The lowest BCUT2D eigenvalue weighted by atomic mass is 10.2. The summed E-state index contributed by atoms with van der Waals surface area (Å²) in [5.74, 6) is 1.44. The van der Waals surface area contributed by atoms with Crippen LogP contribution in [0, 0.1) is 0 Å². The number of thiocarbonyl (C=S) groups is 1. The third-order valence-electron chi connectivity index (χ3n) is 5.34. The number of fused-ring (bicyclic) bond motifs is 3. The third kappa shape index (κ3) is 4.98. The summed E-state index contributed by atoms with van der Waals surface area (Å²) in [5.41, 5.74) is 9.94. The molecule has 4 rings (SSSR count). The van der Waals surface area contributed by atoms with Gasteiger partial charge in [0, 0.05) is 37.7 Å². The molecule has 2 aromatic heterocycles. The number of aryl methyl sites for hydroxylation is 1. The predicted octanol–water partition coefficient (Wildman–Crippen LogP) is 4.12. The van der Waals surface area contributed by atoms with Crippen LogP contribution in [-0.4, -0.2) is 39.9 Å². The number of hydrogen-bond acceptors (Lipinski definition) is 5. The summed E-state index contributed by atoms with van der Waals surface area (Å²) >= 11 is 5.39. The normalized spacial score (nSPS) is 11.2. The zero-order chi connectivity index (χ0) is 22.3. The molecular weight excluding hydrogens is 420 g/mol. The van der Waals surface area contributed by atoms with E-state index in [2.05, 4.69) is 26.3 Å². The van der Waals surface area contributed by atoms with E-state index in [0.29, 0.717) is 17.5 Å². The molecule has 0 atom stereocenters. The van der Waals surface area contributed by atoms with Crippen LogP contribution < -0.4 is 16.4 Å². The fraction of sp³-hybridized carbons (Fsp3) is 0.292. The second kappa shape index (κ2) is 10.4. The molecule has 0 bridgehead atoms. The zero-order valence-corrected chi connectivity index (χ0v) is 19.0. The van der Waals surface area contributed by atoms with Crippen molar-refractivity contribution in [1.29, 1.82) is 0 Å². The number of methoxy groups -OCH3 is 1. The van der Waals surface area contributed by atoms with Crippen molar-refractivity contribution in [1.82, 2.24) is 19.9 Å². The SMILES string of the molecule is COCCc1nc2c(N)nc3ccccc3c2n1CCCCNC(=S)Nc1ccccc1. The molecule has 0 saturated carbocycles.